The molecule has 0 amide bonds. The standard InChI is InChI=1S/C26H32O/c1-18(2)15-20(5)12-14-23(8)26(27)16-21(6)11-13-22(7)25(10)17-24(9)19(3)4/h11-14,17H,1,3,5-8,10,15-16H2,2,4,9H3/b13-11-,14-12-,24-17-. The SMILES string of the molecule is C=C(C)CC(=C)/C=C\C(=C)C(=O)CC(=C)/C=C\C(=C)C(=C)/C=C(/C)C(=C)C. The van der Waals surface area contributed by atoms with Crippen molar-refractivity contribution in [2.75, 3.05) is 0 Å². The monoisotopic (exact) mass is 360 g/mol. The molecule has 0 aromatic carbocycles. The average molecular weight is 361 g/mol. The topological polar surface area (TPSA) is 17.1 Å². The van der Waals surface area contributed by atoms with Gasteiger partial charge in [-0.25, -0.2) is 0 Å². The second-order valence-electron chi connectivity index (χ2n) is 6.90. The minimum atomic E-state index is -0.0773. The number of rotatable bonds is 12. The van der Waals surface area contributed by atoms with E-state index in [1.165, 1.54) is 0 Å². The van der Waals surface area contributed by atoms with Crippen LogP contribution in [-0.4, -0.2) is 5.78 Å². The molecule has 27 heavy (non-hydrogen) atoms. The van der Waals surface area contributed by atoms with Gasteiger partial charge in [0.05, 0.1) is 0 Å². The second kappa shape index (κ2) is 11.6. The van der Waals surface area contributed by atoms with E-state index in [-0.39, 0.29) is 12.2 Å². The first-order valence-corrected chi connectivity index (χ1v) is 8.74. The van der Waals surface area contributed by atoms with Crippen molar-refractivity contribution in [3.8, 4) is 0 Å². The van der Waals surface area contributed by atoms with Crippen LogP contribution in [0.2, 0.25) is 0 Å². The molecule has 1 nitrogen and oxygen atoms in total. The maximum Gasteiger partial charge on any atom is 0.166 e. The fourth-order valence-electron chi connectivity index (χ4n) is 1.94. The number of hydrogen-bond acceptors (Lipinski definition) is 1. The van der Waals surface area contributed by atoms with E-state index in [4.69, 9.17) is 0 Å². The van der Waals surface area contributed by atoms with E-state index < -0.39 is 0 Å². The zero-order valence-electron chi connectivity index (χ0n) is 17.2. The van der Waals surface area contributed by atoms with Gasteiger partial charge in [0.15, 0.2) is 5.78 Å². The Kier molecular flexibility index (Phi) is 10.4. The lowest BCUT2D eigenvalue weighted by Crippen LogP contribution is -2.00. The van der Waals surface area contributed by atoms with Crippen LogP contribution in [0.4, 0.5) is 0 Å². The Bertz CT molecular complexity index is 788. The molecule has 0 unspecified atom stereocenters. The van der Waals surface area contributed by atoms with Gasteiger partial charge in [0.1, 0.15) is 0 Å². The van der Waals surface area contributed by atoms with Gasteiger partial charge in [0.2, 0.25) is 0 Å². The van der Waals surface area contributed by atoms with Gasteiger partial charge < -0.3 is 0 Å². The first-order chi connectivity index (χ1) is 12.4. The molecule has 142 valence electrons. The molecule has 0 N–H and O–H groups in total. The number of allylic oxidation sites excluding steroid dienone is 13. The van der Waals surface area contributed by atoms with Gasteiger partial charge in [0, 0.05) is 12.0 Å². The zero-order chi connectivity index (χ0) is 21.1. The number of ketones is 1. The molecule has 0 aliphatic carbocycles. The van der Waals surface area contributed by atoms with Gasteiger partial charge in [-0.15, -0.1) is 0 Å². The predicted octanol–water partition coefficient (Wildman–Crippen LogP) is 7.33. The number of carbonyl (C=O) groups excluding carboxylic acids is 1. The highest BCUT2D eigenvalue weighted by Gasteiger charge is 2.05. The van der Waals surface area contributed by atoms with Crippen molar-refractivity contribution in [1.29, 1.82) is 0 Å². The Balaban J connectivity index is 4.72. The molecule has 1 heteroatoms. The molecule has 0 aliphatic rings. The maximum atomic E-state index is 12.2. The summed E-state index contributed by atoms with van der Waals surface area (Å²) in [4.78, 5) is 12.2. The maximum absolute atomic E-state index is 12.2. The highest BCUT2D eigenvalue weighted by Crippen LogP contribution is 2.16. The first kappa shape index (κ1) is 24.1. The van der Waals surface area contributed by atoms with Crippen molar-refractivity contribution < 1.29 is 4.79 Å². The summed E-state index contributed by atoms with van der Waals surface area (Å²) in [6.45, 7) is 33.3. The lowest BCUT2D eigenvalue weighted by Gasteiger charge is -2.04. The third-order valence-electron chi connectivity index (χ3n) is 3.79. The summed E-state index contributed by atoms with van der Waals surface area (Å²) in [5.74, 6) is -0.0773. The molecule has 0 aliphatic heterocycles. The average Bonchev–Trinajstić information content (AvgIpc) is 2.56. The Morgan fingerprint density at radius 2 is 1.15 bits per heavy atom. The quantitative estimate of drug-likeness (QED) is 0.202. The van der Waals surface area contributed by atoms with Crippen LogP contribution < -0.4 is 0 Å². The molecule has 0 saturated carbocycles. The van der Waals surface area contributed by atoms with Crippen LogP contribution >= 0.6 is 0 Å². The third-order valence-corrected chi connectivity index (χ3v) is 3.79. The van der Waals surface area contributed by atoms with Crippen LogP contribution in [0.3, 0.4) is 0 Å². The van der Waals surface area contributed by atoms with E-state index in [9.17, 15) is 4.79 Å². The summed E-state index contributed by atoms with van der Waals surface area (Å²) in [7, 11) is 0. The molecule has 0 radical (unpaired) electrons. The summed E-state index contributed by atoms with van der Waals surface area (Å²) < 4.78 is 0. The number of Topliss-reactive ketones (excluding diaryl/α,β-unsaturated/α-hetero) is 1. The van der Waals surface area contributed by atoms with Gasteiger partial charge >= 0.3 is 0 Å². The first-order valence-electron chi connectivity index (χ1n) is 8.74. The van der Waals surface area contributed by atoms with E-state index >= 15 is 0 Å². The number of carbonyl (C=O) groups is 1. The molecular formula is C26H32O. The van der Waals surface area contributed by atoms with Gasteiger partial charge in [0.25, 0.3) is 0 Å². The summed E-state index contributed by atoms with van der Waals surface area (Å²) >= 11 is 0. The molecule has 0 atom stereocenters. The fraction of sp³-hybridized carbons (Fsp3) is 0.192. The van der Waals surface area contributed by atoms with Crippen LogP contribution in [0.1, 0.15) is 33.6 Å². The Morgan fingerprint density at radius 1 is 0.667 bits per heavy atom. The largest absolute Gasteiger partial charge is 0.294 e. The molecule has 0 saturated heterocycles. The molecule has 0 spiro atoms. The van der Waals surface area contributed by atoms with Gasteiger partial charge in [-0.2, -0.15) is 0 Å². The highest BCUT2D eigenvalue weighted by atomic mass is 16.1. The van der Waals surface area contributed by atoms with Crippen LogP contribution in [0.15, 0.2) is 121 Å². The van der Waals surface area contributed by atoms with Crippen LogP contribution in [0.25, 0.3) is 0 Å². The van der Waals surface area contributed by atoms with Crippen LogP contribution in [-0.2, 0) is 4.79 Å². The highest BCUT2D eigenvalue weighted by molar-refractivity contribution is 5.99. The normalized spacial score (nSPS) is 11.4. The molecule has 0 rings (SSSR count). The van der Waals surface area contributed by atoms with Crippen molar-refractivity contribution >= 4 is 5.78 Å². The van der Waals surface area contributed by atoms with E-state index in [1.54, 1.807) is 18.2 Å². The zero-order valence-corrected chi connectivity index (χ0v) is 17.2. The predicted molar refractivity (Wildman–Crippen MR) is 122 cm³/mol. The van der Waals surface area contributed by atoms with Gasteiger partial charge in [-0.05, 0) is 49.5 Å². The van der Waals surface area contributed by atoms with Crippen molar-refractivity contribution in [2.45, 2.75) is 33.6 Å². The summed E-state index contributed by atoms with van der Waals surface area (Å²) in [5, 5.41) is 0. The minimum Gasteiger partial charge on any atom is -0.294 e. The number of hydrogen-bond donors (Lipinski definition) is 0. The molecular weight excluding hydrogens is 328 g/mol. The lowest BCUT2D eigenvalue weighted by molar-refractivity contribution is -0.114. The molecule has 0 heterocycles. The van der Waals surface area contributed by atoms with E-state index in [0.29, 0.717) is 17.6 Å². The van der Waals surface area contributed by atoms with Crippen molar-refractivity contribution in [3.05, 3.63) is 121 Å². The van der Waals surface area contributed by atoms with Crippen molar-refractivity contribution in [2.24, 2.45) is 0 Å². The molecule has 0 aromatic rings. The lowest BCUT2D eigenvalue weighted by atomic mass is 10.0. The Hall–Kier alpha value is -2.93. The van der Waals surface area contributed by atoms with E-state index in [2.05, 4.69) is 46.1 Å². The smallest absolute Gasteiger partial charge is 0.166 e. The molecule has 0 fully saturated rings. The second-order valence-corrected chi connectivity index (χ2v) is 6.90. The summed E-state index contributed by atoms with van der Waals surface area (Å²) in [6.07, 6.45) is 9.94. The summed E-state index contributed by atoms with van der Waals surface area (Å²) in [6, 6.07) is 0. The van der Waals surface area contributed by atoms with Crippen molar-refractivity contribution in [1.82, 2.24) is 0 Å². The van der Waals surface area contributed by atoms with E-state index in [1.807, 2.05) is 32.9 Å². The van der Waals surface area contributed by atoms with Crippen LogP contribution in [0.5, 0.6) is 0 Å². The van der Waals surface area contributed by atoms with Crippen LogP contribution in [0, 0.1) is 0 Å². The van der Waals surface area contributed by atoms with Gasteiger partial charge in [-0.3, -0.25) is 4.79 Å². The Labute approximate surface area is 165 Å². The van der Waals surface area contributed by atoms with Crippen molar-refractivity contribution in [3.63, 3.8) is 0 Å². The van der Waals surface area contributed by atoms with Gasteiger partial charge in [-0.1, -0.05) is 93.2 Å². The minimum absolute atomic E-state index is 0.0773. The molecule has 0 bridgehead atoms. The summed E-state index contributed by atoms with van der Waals surface area (Å²) in [5.41, 5.74) is 6.63. The van der Waals surface area contributed by atoms with E-state index in [0.717, 1.165) is 33.4 Å². The Morgan fingerprint density at radius 3 is 1.63 bits per heavy atom. The molecule has 0 aromatic heterocycles. The fourth-order valence-corrected chi connectivity index (χ4v) is 1.94. The third kappa shape index (κ3) is 10.6.